The van der Waals surface area contributed by atoms with Crippen LogP contribution in [-0.4, -0.2) is 52.5 Å². The Hall–Kier alpha value is -0.580. The Labute approximate surface area is 172 Å². The molecule has 25 heavy (non-hydrogen) atoms. The molecule has 1 aromatic rings. The van der Waals surface area contributed by atoms with Crippen molar-refractivity contribution in [3.05, 3.63) is 29.3 Å². The standard InChI is InChI=1S/C16H25ClN4O2S.HI/c1-16(2)7-10-21(12-16)15(18-3)19-8-9-20-24(22,23)14-6-4-5-13(17)11-14;/h4-6,11,20H,7-10,12H2,1-3H3,(H,18,19);1H. The number of nitrogens with one attached hydrogen (secondary N) is 2. The first kappa shape index (κ1) is 22.5. The summed E-state index contributed by atoms with van der Waals surface area (Å²) in [5.74, 6) is 0.808. The Morgan fingerprint density at radius 1 is 1.36 bits per heavy atom. The van der Waals surface area contributed by atoms with Crippen molar-refractivity contribution in [3.8, 4) is 0 Å². The van der Waals surface area contributed by atoms with Crippen molar-refractivity contribution in [2.75, 3.05) is 33.2 Å². The molecule has 0 spiro atoms. The molecule has 0 amide bonds. The predicted octanol–water partition coefficient (Wildman–Crippen LogP) is 2.54. The summed E-state index contributed by atoms with van der Waals surface area (Å²) in [6, 6.07) is 6.21. The molecule has 1 aromatic carbocycles. The fourth-order valence-electron chi connectivity index (χ4n) is 2.70. The SMILES string of the molecule is CN=C(NCCNS(=O)(=O)c1cccc(Cl)c1)N1CCC(C)(C)C1.I. The number of guanidine groups is 1. The van der Waals surface area contributed by atoms with Crippen LogP contribution < -0.4 is 10.0 Å². The van der Waals surface area contributed by atoms with Gasteiger partial charge in [0.05, 0.1) is 4.90 Å². The third-order valence-electron chi connectivity index (χ3n) is 4.00. The molecule has 0 radical (unpaired) electrons. The van der Waals surface area contributed by atoms with Crippen LogP contribution in [0.5, 0.6) is 0 Å². The zero-order valence-electron chi connectivity index (χ0n) is 14.8. The summed E-state index contributed by atoms with van der Waals surface area (Å²) in [6.45, 7) is 7.11. The van der Waals surface area contributed by atoms with Gasteiger partial charge in [0.15, 0.2) is 5.96 Å². The molecule has 0 aromatic heterocycles. The second-order valence-electron chi connectivity index (χ2n) is 6.66. The maximum atomic E-state index is 12.2. The quantitative estimate of drug-likeness (QED) is 0.282. The van der Waals surface area contributed by atoms with E-state index in [1.807, 2.05) is 0 Å². The average Bonchev–Trinajstić information content (AvgIpc) is 2.87. The van der Waals surface area contributed by atoms with Crippen LogP contribution in [0.1, 0.15) is 20.3 Å². The number of benzene rings is 1. The Kier molecular flexibility index (Phi) is 8.43. The Bertz CT molecular complexity index is 710. The highest BCUT2D eigenvalue weighted by Crippen LogP contribution is 2.28. The van der Waals surface area contributed by atoms with Gasteiger partial charge in [-0.25, -0.2) is 13.1 Å². The predicted molar refractivity (Wildman–Crippen MR) is 113 cm³/mol. The molecule has 0 bridgehead atoms. The second kappa shape index (κ2) is 9.38. The molecular formula is C16H26ClIN4O2S. The third kappa shape index (κ3) is 6.58. The van der Waals surface area contributed by atoms with Crippen LogP contribution in [0.15, 0.2) is 34.2 Å². The molecule has 1 aliphatic rings. The number of rotatable bonds is 5. The normalized spacial score (nSPS) is 17.3. The monoisotopic (exact) mass is 500 g/mol. The molecular weight excluding hydrogens is 475 g/mol. The van der Waals surface area contributed by atoms with E-state index in [1.54, 1.807) is 19.2 Å². The molecule has 1 fully saturated rings. The van der Waals surface area contributed by atoms with Crippen LogP contribution in [0, 0.1) is 5.41 Å². The summed E-state index contributed by atoms with van der Waals surface area (Å²) < 4.78 is 27.0. The molecule has 9 heteroatoms. The van der Waals surface area contributed by atoms with Gasteiger partial charge in [0, 0.05) is 38.2 Å². The number of halogens is 2. The van der Waals surface area contributed by atoms with Crippen molar-refractivity contribution in [3.63, 3.8) is 0 Å². The largest absolute Gasteiger partial charge is 0.355 e. The Morgan fingerprint density at radius 2 is 2.08 bits per heavy atom. The van der Waals surface area contributed by atoms with Crippen LogP contribution in [0.3, 0.4) is 0 Å². The molecule has 0 atom stereocenters. The van der Waals surface area contributed by atoms with Crippen molar-refractivity contribution in [2.45, 2.75) is 25.2 Å². The van der Waals surface area contributed by atoms with Gasteiger partial charge in [-0.15, -0.1) is 24.0 Å². The number of hydrogen-bond acceptors (Lipinski definition) is 3. The minimum absolute atomic E-state index is 0. The van der Waals surface area contributed by atoms with Crippen LogP contribution >= 0.6 is 35.6 Å². The van der Waals surface area contributed by atoms with Crippen molar-refractivity contribution in [1.29, 1.82) is 0 Å². The highest BCUT2D eigenvalue weighted by molar-refractivity contribution is 14.0. The van der Waals surface area contributed by atoms with E-state index in [1.165, 1.54) is 12.1 Å². The first-order chi connectivity index (χ1) is 11.2. The van der Waals surface area contributed by atoms with Gasteiger partial charge in [-0.05, 0) is 30.0 Å². The summed E-state index contributed by atoms with van der Waals surface area (Å²) >= 11 is 5.84. The third-order valence-corrected chi connectivity index (χ3v) is 5.69. The highest BCUT2D eigenvalue weighted by atomic mass is 127. The van der Waals surface area contributed by atoms with E-state index in [0.29, 0.717) is 11.6 Å². The van der Waals surface area contributed by atoms with Gasteiger partial charge in [0.2, 0.25) is 10.0 Å². The van der Waals surface area contributed by atoms with E-state index >= 15 is 0 Å². The summed E-state index contributed by atoms with van der Waals surface area (Å²) in [4.78, 5) is 6.64. The van der Waals surface area contributed by atoms with E-state index < -0.39 is 10.0 Å². The minimum Gasteiger partial charge on any atom is -0.355 e. The number of likely N-dealkylation sites (tertiary alicyclic amines) is 1. The van der Waals surface area contributed by atoms with Crippen molar-refractivity contribution >= 4 is 51.6 Å². The molecule has 6 nitrogen and oxygen atoms in total. The van der Waals surface area contributed by atoms with E-state index in [-0.39, 0.29) is 40.8 Å². The van der Waals surface area contributed by atoms with Crippen LogP contribution in [0.2, 0.25) is 5.02 Å². The van der Waals surface area contributed by atoms with Crippen LogP contribution in [0.4, 0.5) is 0 Å². The maximum Gasteiger partial charge on any atom is 0.240 e. The first-order valence-corrected chi connectivity index (χ1v) is 9.80. The van der Waals surface area contributed by atoms with Gasteiger partial charge < -0.3 is 10.2 Å². The van der Waals surface area contributed by atoms with Crippen molar-refractivity contribution in [2.24, 2.45) is 10.4 Å². The molecule has 2 N–H and O–H groups in total. The molecule has 2 rings (SSSR count). The number of nitrogens with zero attached hydrogens (tertiary/aromatic N) is 2. The Morgan fingerprint density at radius 3 is 2.64 bits per heavy atom. The van der Waals surface area contributed by atoms with Gasteiger partial charge in [0.25, 0.3) is 0 Å². The molecule has 0 saturated carbocycles. The van der Waals surface area contributed by atoms with E-state index in [2.05, 4.69) is 33.8 Å². The van der Waals surface area contributed by atoms with Crippen LogP contribution in [0.25, 0.3) is 0 Å². The molecule has 1 aliphatic heterocycles. The molecule has 142 valence electrons. The molecule has 0 unspecified atom stereocenters. The maximum absolute atomic E-state index is 12.2. The van der Waals surface area contributed by atoms with Gasteiger partial charge in [-0.1, -0.05) is 31.5 Å². The van der Waals surface area contributed by atoms with Gasteiger partial charge in [-0.3, -0.25) is 4.99 Å². The first-order valence-electron chi connectivity index (χ1n) is 7.94. The lowest BCUT2D eigenvalue weighted by molar-refractivity contribution is 0.370. The van der Waals surface area contributed by atoms with Gasteiger partial charge in [-0.2, -0.15) is 0 Å². The molecule has 0 aliphatic carbocycles. The summed E-state index contributed by atoms with van der Waals surface area (Å²) in [7, 11) is -1.81. The smallest absolute Gasteiger partial charge is 0.240 e. The number of aliphatic imine (C=N–C) groups is 1. The highest BCUT2D eigenvalue weighted by Gasteiger charge is 2.30. The van der Waals surface area contributed by atoms with Gasteiger partial charge >= 0.3 is 0 Å². The lowest BCUT2D eigenvalue weighted by atomic mass is 9.93. The summed E-state index contributed by atoms with van der Waals surface area (Å²) in [5.41, 5.74) is 0.284. The zero-order chi connectivity index (χ0) is 17.8. The van der Waals surface area contributed by atoms with Crippen molar-refractivity contribution in [1.82, 2.24) is 14.9 Å². The fraction of sp³-hybridized carbons (Fsp3) is 0.562. The fourth-order valence-corrected chi connectivity index (χ4v) is 4.03. The van der Waals surface area contributed by atoms with E-state index in [0.717, 1.165) is 25.5 Å². The number of sulfonamides is 1. The topological polar surface area (TPSA) is 73.8 Å². The summed E-state index contributed by atoms with van der Waals surface area (Å²) in [6.07, 6.45) is 1.12. The average molecular weight is 501 g/mol. The van der Waals surface area contributed by atoms with Crippen LogP contribution in [-0.2, 0) is 10.0 Å². The molecule has 1 heterocycles. The summed E-state index contributed by atoms with van der Waals surface area (Å²) in [5, 5.41) is 3.60. The van der Waals surface area contributed by atoms with Gasteiger partial charge in [0.1, 0.15) is 0 Å². The van der Waals surface area contributed by atoms with Crippen molar-refractivity contribution < 1.29 is 8.42 Å². The number of hydrogen-bond donors (Lipinski definition) is 2. The van der Waals surface area contributed by atoms with E-state index in [4.69, 9.17) is 11.6 Å². The minimum atomic E-state index is -3.55. The lowest BCUT2D eigenvalue weighted by Crippen LogP contribution is -2.43. The molecule has 1 saturated heterocycles. The lowest BCUT2D eigenvalue weighted by Gasteiger charge is -2.23. The van der Waals surface area contributed by atoms with E-state index in [9.17, 15) is 8.42 Å². The Balaban J connectivity index is 0.00000312. The second-order valence-corrected chi connectivity index (χ2v) is 8.87. The zero-order valence-corrected chi connectivity index (χ0v) is 18.7.